The van der Waals surface area contributed by atoms with E-state index >= 15 is 0 Å². The smallest absolute Gasteiger partial charge is 0.137 e. The number of aliphatic hydroxyl groups is 1. The van der Waals surface area contributed by atoms with Crippen molar-refractivity contribution in [3.8, 4) is 0 Å². The van der Waals surface area contributed by atoms with Crippen LogP contribution in [-0.4, -0.2) is 39.1 Å². The van der Waals surface area contributed by atoms with E-state index in [0.29, 0.717) is 17.6 Å². The summed E-state index contributed by atoms with van der Waals surface area (Å²) < 4.78 is 1.83. The van der Waals surface area contributed by atoms with Gasteiger partial charge < -0.3 is 15.7 Å². The SMILES string of the molecule is Cc1nn(C)c(N(CCO)C2CCCC2)c1C(N)=S. The molecule has 6 heteroatoms. The summed E-state index contributed by atoms with van der Waals surface area (Å²) in [6.45, 7) is 2.64. The van der Waals surface area contributed by atoms with Crippen LogP contribution in [0, 0.1) is 6.92 Å². The Morgan fingerprint density at radius 3 is 2.68 bits per heavy atom. The van der Waals surface area contributed by atoms with Crippen molar-refractivity contribution in [2.75, 3.05) is 18.1 Å². The lowest BCUT2D eigenvalue weighted by molar-refractivity contribution is 0.296. The van der Waals surface area contributed by atoms with E-state index in [1.54, 1.807) is 0 Å². The molecule has 0 aliphatic heterocycles. The van der Waals surface area contributed by atoms with Crippen molar-refractivity contribution in [1.29, 1.82) is 0 Å². The minimum atomic E-state index is 0.123. The minimum Gasteiger partial charge on any atom is -0.395 e. The molecule has 1 aromatic heterocycles. The molecule has 0 atom stereocenters. The maximum absolute atomic E-state index is 9.35. The Hall–Kier alpha value is -1.14. The van der Waals surface area contributed by atoms with E-state index in [0.717, 1.165) is 29.9 Å². The zero-order valence-corrected chi connectivity index (χ0v) is 12.4. The predicted octanol–water partition coefficient (Wildman–Crippen LogP) is 1.10. The van der Waals surface area contributed by atoms with Crippen molar-refractivity contribution in [2.24, 2.45) is 12.8 Å². The van der Waals surface area contributed by atoms with Crippen LogP contribution in [-0.2, 0) is 7.05 Å². The summed E-state index contributed by atoms with van der Waals surface area (Å²) in [6, 6.07) is 0.454. The number of aryl methyl sites for hydroxylation is 2. The molecular formula is C13H22N4OS. The third-order valence-corrected chi connectivity index (χ3v) is 4.02. The summed E-state index contributed by atoms with van der Waals surface area (Å²) >= 11 is 5.16. The fourth-order valence-electron chi connectivity index (χ4n) is 3.05. The molecule has 0 aromatic carbocycles. The van der Waals surface area contributed by atoms with Crippen LogP contribution in [0.3, 0.4) is 0 Å². The third-order valence-electron chi connectivity index (χ3n) is 3.82. The van der Waals surface area contributed by atoms with Crippen molar-refractivity contribution in [3.05, 3.63) is 11.3 Å². The third kappa shape index (κ3) is 2.74. The standard InChI is InChI=1S/C13H22N4OS/c1-9-11(12(14)19)13(16(2)15-9)17(7-8-18)10-5-3-4-6-10/h10,18H,3-8H2,1-2H3,(H2,14,19). The van der Waals surface area contributed by atoms with E-state index in [4.69, 9.17) is 18.0 Å². The molecule has 106 valence electrons. The Balaban J connectivity index is 2.43. The van der Waals surface area contributed by atoms with Gasteiger partial charge in [-0.1, -0.05) is 25.1 Å². The average Bonchev–Trinajstić information content (AvgIpc) is 2.94. The van der Waals surface area contributed by atoms with Crippen LogP contribution >= 0.6 is 12.2 Å². The number of nitrogens with two attached hydrogens (primary N) is 1. The minimum absolute atomic E-state index is 0.123. The number of rotatable bonds is 5. The van der Waals surface area contributed by atoms with E-state index in [1.165, 1.54) is 12.8 Å². The summed E-state index contributed by atoms with van der Waals surface area (Å²) in [4.78, 5) is 2.60. The van der Waals surface area contributed by atoms with Gasteiger partial charge in [0, 0.05) is 19.6 Å². The highest BCUT2D eigenvalue weighted by molar-refractivity contribution is 7.80. The molecule has 0 spiro atoms. The molecule has 1 aliphatic carbocycles. The number of aromatic nitrogens is 2. The fourth-order valence-corrected chi connectivity index (χ4v) is 3.29. The Bertz CT molecular complexity index is 465. The van der Waals surface area contributed by atoms with Crippen molar-refractivity contribution in [2.45, 2.75) is 38.6 Å². The van der Waals surface area contributed by atoms with E-state index in [-0.39, 0.29) is 6.61 Å². The molecule has 2 rings (SSSR count). The first-order valence-corrected chi connectivity index (χ1v) is 7.18. The molecule has 0 bridgehead atoms. The second-order valence-corrected chi connectivity index (χ2v) is 5.57. The van der Waals surface area contributed by atoms with E-state index in [9.17, 15) is 5.11 Å². The van der Waals surface area contributed by atoms with Gasteiger partial charge in [0.1, 0.15) is 10.8 Å². The number of hydrogen-bond donors (Lipinski definition) is 2. The lowest BCUT2D eigenvalue weighted by Crippen LogP contribution is -2.38. The van der Waals surface area contributed by atoms with Gasteiger partial charge in [0.25, 0.3) is 0 Å². The summed E-state index contributed by atoms with van der Waals surface area (Å²) in [7, 11) is 1.91. The van der Waals surface area contributed by atoms with Crippen LogP contribution in [0.2, 0.25) is 0 Å². The van der Waals surface area contributed by atoms with Gasteiger partial charge in [0.15, 0.2) is 0 Å². The first-order chi connectivity index (χ1) is 9.06. The Morgan fingerprint density at radius 1 is 1.53 bits per heavy atom. The zero-order valence-electron chi connectivity index (χ0n) is 11.6. The number of aliphatic hydroxyl groups excluding tert-OH is 1. The molecular weight excluding hydrogens is 260 g/mol. The van der Waals surface area contributed by atoms with Gasteiger partial charge in [-0.05, 0) is 19.8 Å². The molecule has 1 aromatic rings. The maximum Gasteiger partial charge on any atom is 0.137 e. The van der Waals surface area contributed by atoms with Crippen LogP contribution in [0.4, 0.5) is 5.82 Å². The number of nitrogens with zero attached hydrogens (tertiary/aromatic N) is 3. The lowest BCUT2D eigenvalue weighted by Gasteiger charge is -2.31. The lowest BCUT2D eigenvalue weighted by atomic mass is 10.1. The molecule has 0 unspecified atom stereocenters. The van der Waals surface area contributed by atoms with Crippen LogP contribution in [0.25, 0.3) is 0 Å². The number of anilines is 1. The van der Waals surface area contributed by atoms with Crippen molar-refractivity contribution < 1.29 is 5.11 Å². The van der Waals surface area contributed by atoms with Crippen LogP contribution in [0.1, 0.15) is 36.9 Å². The Morgan fingerprint density at radius 2 is 2.16 bits per heavy atom. The quantitative estimate of drug-likeness (QED) is 0.792. The summed E-state index contributed by atoms with van der Waals surface area (Å²) in [6.07, 6.45) is 4.79. The topological polar surface area (TPSA) is 67.3 Å². The van der Waals surface area contributed by atoms with Gasteiger partial charge in [-0.2, -0.15) is 5.10 Å². The van der Waals surface area contributed by atoms with Crippen LogP contribution < -0.4 is 10.6 Å². The van der Waals surface area contributed by atoms with E-state index in [1.807, 2.05) is 18.7 Å². The highest BCUT2D eigenvalue weighted by Gasteiger charge is 2.28. The second kappa shape index (κ2) is 5.88. The molecule has 3 N–H and O–H groups in total. The fraction of sp³-hybridized carbons (Fsp3) is 0.692. The van der Waals surface area contributed by atoms with Gasteiger partial charge >= 0.3 is 0 Å². The summed E-state index contributed by atoms with van der Waals surface area (Å²) in [5, 5.41) is 13.8. The first-order valence-electron chi connectivity index (χ1n) is 6.77. The highest BCUT2D eigenvalue weighted by Crippen LogP contribution is 2.31. The van der Waals surface area contributed by atoms with Gasteiger partial charge in [-0.15, -0.1) is 0 Å². The van der Waals surface area contributed by atoms with E-state index in [2.05, 4.69) is 10.00 Å². The van der Waals surface area contributed by atoms with Gasteiger partial charge in [0.2, 0.25) is 0 Å². The molecule has 1 aliphatic rings. The molecule has 1 saturated carbocycles. The Kier molecular flexibility index (Phi) is 4.42. The molecule has 5 nitrogen and oxygen atoms in total. The highest BCUT2D eigenvalue weighted by atomic mass is 32.1. The molecule has 1 heterocycles. The van der Waals surface area contributed by atoms with Crippen molar-refractivity contribution in [1.82, 2.24) is 9.78 Å². The molecule has 0 radical (unpaired) electrons. The van der Waals surface area contributed by atoms with Gasteiger partial charge in [-0.3, -0.25) is 4.68 Å². The van der Waals surface area contributed by atoms with Crippen LogP contribution in [0.15, 0.2) is 0 Å². The summed E-state index contributed by atoms with van der Waals surface area (Å²) in [5.41, 5.74) is 7.55. The maximum atomic E-state index is 9.35. The number of thiocarbonyl (C=S) groups is 1. The summed E-state index contributed by atoms with van der Waals surface area (Å²) in [5.74, 6) is 0.950. The Labute approximate surface area is 119 Å². The average molecular weight is 282 g/mol. The first kappa shape index (κ1) is 14.3. The van der Waals surface area contributed by atoms with Crippen molar-refractivity contribution >= 4 is 23.0 Å². The van der Waals surface area contributed by atoms with Crippen LogP contribution in [0.5, 0.6) is 0 Å². The molecule has 0 saturated heterocycles. The second-order valence-electron chi connectivity index (χ2n) is 5.13. The molecule has 0 amide bonds. The molecule has 19 heavy (non-hydrogen) atoms. The van der Waals surface area contributed by atoms with Gasteiger partial charge in [0.05, 0.1) is 17.9 Å². The predicted molar refractivity (Wildman–Crippen MR) is 80.5 cm³/mol. The molecule has 1 fully saturated rings. The van der Waals surface area contributed by atoms with Crippen molar-refractivity contribution in [3.63, 3.8) is 0 Å². The number of hydrogen-bond acceptors (Lipinski definition) is 4. The van der Waals surface area contributed by atoms with Gasteiger partial charge in [-0.25, -0.2) is 0 Å². The largest absolute Gasteiger partial charge is 0.395 e. The zero-order chi connectivity index (χ0) is 14.0. The van der Waals surface area contributed by atoms with E-state index < -0.39 is 0 Å². The normalized spacial score (nSPS) is 15.9. The monoisotopic (exact) mass is 282 g/mol.